The minimum Gasteiger partial charge on any atom is -0.392 e. The SMILES string of the molecule is CCC1CCC(C)N1C(=O)C(C(N)=S)c1ccccc1. The van der Waals surface area contributed by atoms with E-state index in [1.807, 2.05) is 35.2 Å². The number of carbonyl (C=O) groups excluding carboxylic acids is 1. The van der Waals surface area contributed by atoms with Crippen molar-refractivity contribution in [2.24, 2.45) is 5.73 Å². The summed E-state index contributed by atoms with van der Waals surface area (Å²) >= 11 is 5.15. The predicted octanol–water partition coefficient (Wildman–Crippen LogP) is 2.85. The first-order valence-corrected chi connectivity index (χ1v) is 7.63. The molecule has 1 aromatic rings. The number of nitrogens with two attached hydrogens (primary N) is 1. The summed E-state index contributed by atoms with van der Waals surface area (Å²) in [7, 11) is 0. The van der Waals surface area contributed by atoms with Crippen LogP contribution in [-0.2, 0) is 4.79 Å². The molecule has 0 radical (unpaired) electrons. The Balaban J connectivity index is 2.30. The summed E-state index contributed by atoms with van der Waals surface area (Å²) in [5.74, 6) is -0.443. The van der Waals surface area contributed by atoms with E-state index in [9.17, 15) is 4.79 Å². The van der Waals surface area contributed by atoms with Crippen molar-refractivity contribution in [3.05, 3.63) is 35.9 Å². The van der Waals surface area contributed by atoms with E-state index in [0.29, 0.717) is 6.04 Å². The molecule has 4 heteroatoms. The molecule has 1 fully saturated rings. The minimum atomic E-state index is -0.499. The van der Waals surface area contributed by atoms with Gasteiger partial charge in [-0.05, 0) is 31.7 Å². The number of hydrogen-bond donors (Lipinski definition) is 1. The van der Waals surface area contributed by atoms with Crippen molar-refractivity contribution < 1.29 is 4.79 Å². The van der Waals surface area contributed by atoms with Gasteiger partial charge in [-0.15, -0.1) is 0 Å². The zero-order valence-electron chi connectivity index (χ0n) is 12.1. The van der Waals surface area contributed by atoms with Crippen LogP contribution in [0.2, 0.25) is 0 Å². The lowest BCUT2D eigenvalue weighted by atomic mass is 9.96. The van der Waals surface area contributed by atoms with Crippen LogP contribution < -0.4 is 5.73 Å². The van der Waals surface area contributed by atoms with E-state index < -0.39 is 5.92 Å². The van der Waals surface area contributed by atoms with Crippen molar-refractivity contribution in [2.45, 2.75) is 51.1 Å². The van der Waals surface area contributed by atoms with Crippen LogP contribution >= 0.6 is 12.2 Å². The lowest BCUT2D eigenvalue weighted by Crippen LogP contribution is -2.45. The molecular formula is C16H22N2OS. The first kappa shape index (κ1) is 15.0. The highest BCUT2D eigenvalue weighted by molar-refractivity contribution is 7.80. The molecule has 3 atom stereocenters. The van der Waals surface area contributed by atoms with Crippen LogP contribution in [0.15, 0.2) is 30.3 Å². The molecule has 1 heterocycles. The summed E-state index contributed by atoms with van der Waals surface area (Å²) in [5.41, 5.74) is 6.74. The molecule has 1 saturated heterocycles. The lowest BCUT2D eigenvalue weighted by molar-refractivity contribution is -0.133. The van der Waals surface area contributed by atoms with Gasteiger partial charge in [0, 0.05) is 12.1 Å². The quantitative estimate of drug-likeness (QED) is 0.867. The second kappa shape index (κ2) is 6.35. The Bertz CT molecular complexity index is 489. The topological polar surface area (TPSA) is 46.3 Å². The molecule has 0 bridgehead atoms. The Hall–Kier alpha value is -1.42. The smallest absolute Gasteiger partial charge is 0.237 e. The third kappa shape index (κ3) is 2.85. The number of benzene rings is 1. The number of rotatable bonds is 4. The molecule has 20 heavy (non-hydrogen) atoms. The molecule has 0 aromatic heterocycles. The van der Waals surface area contributed by atoms with Gasteiger partial charge < -0.3 is 10.6 Å². The second-order valence-corrected chi connectivity index (χ2v) is 5.95. The van der Waals surface area contributed by atoms with Crippen LogP contribution in [0.5, 0.6) is 0 Å². The maximum atomic E-state index is 12.9. The van der Waals surface area contributed by atoms with Crippen molar-refractivity contribution in [3.63, 3.8) is 0 Å². The Morgan fingerprint density at radius 3 is 2.60 bits per heavy atom. The molecule has 1 aliphatic rings. The summed E-state index contributed by atoms with van der Waals surface area (Å²) in [6.45, 7) is 4.23. The maximum absolute atomic E-state index is 12.9. The standard InChI is InChI=1S/C16H22N2OS/c1-3-13-10-9-11(2)18(13)16(19)14(15(17)20)12-7-5-4-6-8-12/h4-8,11,13-14H,3,9-10H2,1-2H3,(H2,17,20). The molecule has 2 rings (SSSR count). The van der Waals surface area contributed by atoms with Crippen LogP contribution in [0.25, 0.3) is 0 Å². The lowest BCUT2D eigenvalue weighted by Gasteiger charge is -2.31. The van der Waals surface area contributed by atoms with E-state index in [1.165, 1.54) is 0 Å². The van der Waals surface area contributed by atoms with Crippen LogP contribution in [0.3, 0.4) is 0 Å². The fourth-order valence-corrected chi connectivity index (χ4v) is 3.33. The highest BCUT2D eigenvalue weighted by Crippen LogP contribution is 2.30. The molecule has 0 spiro atoms. The monoisotopic (exact) mass is 290 g/mol. The molecule has 1 aliphatic heterocycles. The average Bonchev–Trinajstić information content (AvgIpc) is 2.80. The van der Waals surface area contributed by atoms with Crippen molar-refractivity contribution in [3.8, 4) is 0 Å². The summed E-state index contributed by atoms with van der Waals surface area (Å²) in [5, 5.41) is 0. The highest BCUT2D eigenvalue weighted by atomic mass is 32.1. The van der Waals surface area contributed by atoms with Gasteiger partial charge in [-0.3, -0.25) is 4.79 Å². The van der Waals surface area contributed by atoms with E-state index in [0.717, 1.165) is 24.8 Å². The van der Waals surface area contributed by atoms with Crippen molar-refractivity contribution in [1.29, 1.82) is 0 Å². The van der Waals surface area contributed by atoms with Crippen LogP contribution in [0, 0.1) is 0 Å². The van der Waals surface area contributed by atoms with Gasteiger partial charge in [0.2, 0.25) is 5.91 Å². The van der Waals surface area contributed by atoms with Crippen molar-refractivity contribution in [1.82, 2.24) is 4.90 Å². The molecular weight excluding hydrogens is 268 g/mol. The Morgan fingerprint density at radius 1 is 1.40 bits per heavy atom. The van der Waals surface area contributed by atoms with Crippen molar-refractivity contribution in [2.75, 3.05) is 0 Å². The maximum Gasteiger partial charge on any atom is 0.237 e. The van der Waals surface area contributed by atoms with Gasteiger partial charge in [0.1, 0.15) is 5.92 Å². The molecule has 0 saturated carbocycles. The summed E-state index contributed by atoms with van der Waals surface area (Å²) < 4.78 is 0. The van der Waals surface area contributed by atoms with Gasteiger partial charge in [0.05, 0.1) is 4.99 Å². The predicted molar refractivity (Wildman–Crippen MR) is 85.6 cm³/mol. The highest BCUT2D eigenvalue weighted by Gasteiger charge is 2.38. The normalized spacial score (nSPS) is 23.6. The number of nitrogens with zero attached hydrogens (tertiary/aromatic N) is 1. The van der Waals surface area contributed by atoms with Gasteiger partial charge in [-0.1, -0.05) is 49.5 Å². The third-order valence-corrected chi connectivity index (χ3v) is 4.41. The van der Waals surface area contributed by atoms with E-state index >= 15 is 0 Å². The van der Waals surface area contributed by atoms with Crippen LogP contribution in [0.4, 0.5) is 0 Å². The summed E-state index contributed by atoms with van der Waals surface area (Å²) in [4.78, 5) is 15.2. The molecule has 108 valence electrons. The van der Waals surface area contributed by atoms with E-state index in [4.69, 9.17) is 18.0 Å². The van der Waals surface area contributed by atoms with E-state index in [-0.39, 0.29) is 16.9 Å². The van der Waals surface area contributed by atoms with Crippen molar-refractivity contribution >= 4 is 23.1 Å². The van der Waals surface area contributed by atoms with Gasteiger partial charge in [-0.25, -0.2) is 0 Å². The zero-order valence-corrected chi connectivity index (χ0v) is 12.9. The first-order valence-electron chi connectivity index (χ1n) is 7.22. The number of amides is 1. The molecule has 1 amide bonds. The summed E-state index contributed by atoms with van der Waals surface area (Å²) in [6.07, 6.45) is 3.11. The molecule has 1 aromatic carbocycles. The number of likely N-dealkylation sites (tertiary alicyclic amines) is 1. The molecule has 3 unspecified atom stereocenters. The number of carbonyl (C=O) groups is 1. The second-order valence-electron chi connectivity index (χ2n) is 5.48. The fraction of sp³-hybridized carbons (Fsp3) is 0.500. The number of thiocarbonyl (C=S) groups is 1. The van der Waals surface area contributed by atoms with Crippen LogP contribution in [-0.4, -0.2) is 27.9 Å². The van der Waals surface area contributed by atoms with E-state index in [1.54, 1.807) is 0 Å². The molecule has 2 N–H and O–H groups in total. The molecule has 0 aliphatic carbocycles. The largest absolute Gasteiger partial charge is 0.392 e. The van der Waals surface area contributed by atoms with Gasteiger partial charge in [0.25, 0.3) is 0 Å². The van der Waals surface area contributed by atoms with Gasteiger partial charge in [0.15, 0.2) is 0 Å². The van der Waals surface area contributed by atoms with Crippen LogP contribution in [0.1, 0.15) is 44.6 Å². The Morgan fingerprint density at radius 2 is 2.05 bits per heavy atom. The average molecular weight is 290 g/mol. The van der Waals surface area contributed by atoms with Gasteiger partial charge in [-0.2, -0.15) is 0 Å². The number of hydrogen-bond acceptors (Lipinski definition) is 2. The zero-order chi connectivity index (χ0) is 14.7. The molecule has 3 nitrogen and oxygen atoms in total. The Labute approximate surface area is 126 Å². The van der Waals surface area contributed by atoms with Gasteiger partial charge >= 0.3 is 0 Å². The van der Waals surface area contributed by atoms with E-state index in [2.05, 4.69) is 13.8 Å². The minimum absolute atomic E-state index is 0.0561. The fourth-order valence-electron chi connectivity index (χ4n) is 3.09. The third-order valence-electron chi connectivity index (χ3n) is 4.18. The summed E-state index contributed by atoms with van der Waals surface area (Å²) in [6, 6.07) is 10.2. The Kier molecular flexibility index (Phi) is 4.76. The first-order chi connectivity index (χ1) is 9.56.